The van der Waals surface area contributed by atoms with Gasteiger partial charge in [-0.1, -0.05) is 12.1 Å². The monoisotopic (exact) mass is 304 g/mol. The molecule has 2 N–H and O–H groups in total. The van der Waals surface area contributed by atoms with E-state index in [-0.39, 0.29) is 5.75 Å². The number of anilines is 1. The fraction of sp³-hybridized carbons (Fsp3) is 0.188. The van der Waals surface area contributed by atoms with E-state index >= 15 is 0 Å². The Morgan fingerprint density at radius 2 is 1.95 bits per heavy atom. The molecule has 0 unspecified atom stereocenters. The highest BCUT2D eigenvalue weighted by molar-refractivity contribution is 5.89. The third-order valence-electron chi connectivity index (χ3n) is 3.00. The van der Waals surface area contributed by atoms with Crippen LogP contribution >= 0.6 is 0 Å². The maximum atomic E-state index is 13.5. The summed E-state index contributed by atoms with van der Waals surface area (Å²) in [5.74, 6) is 0.312. The number of benzene rings is 2. The lowest BCUT2D eigenvalue weighted by atomic mass is 10.2. The molecule has 2 amide bonds. The van der Waals surface area contributed by atoms with Crippen molar-refractivity contribution in [3.63, 3.8) is 0 Å². The minimum absolute atomic E-state index is 0.127. The predicted octanol–water partition coefficient (Wildman–Crippen LogP) is 3.16. The first-order valence-corrected chi connectivity index (χ1v) is 6.63. The summed E-state index contributed by atoms with van der Waals surface area (Å²) in [6.07, 6.45) is 0. The SMILES string of the molecule is COc1cccc(CNC(=O)Nc2ccc(OC)c(F)c2)c1. The fourth-order valence-corrected chi connectivity index (χ4v) is 1.88. The molecule has 0 aliphatic carbocycles. The topological polar surface area (TPSA) is 59.6 Å². The number of rotatable bonds is 5. The molecular weight excluding hydrogens is 287 g/mol. The molecule has 0 aliphatic heterocycles. The zero-order valence-corrected chi connectivity index (χ0v) is 12.4. The minimum atomic E-state index is -0.534. The second-order valence-corrected chi connectivity index (χ2v) is 4.51. The molecule has 2 rings (SSSR count). The minimum Gasteiger partial charge on any atom is -0.497 e. The molecule has 0 aromatic heterocycles. The Kier molecular flexibility index (Phi) is 5.19. The van der Waals surface area contributed by atoms with Crippen LogP contribution in [0.1, 0.15) is 5.56 Å². The highest BCUT2D eigenvalue weighted by Crippen LogP contribution is 2.20. The zero-order chi connectivity index (χ0) is 15.9. The van der Waals surface area contributed by atoms with E-state index in [0.29, 0.717) is 12.2 Å². The molecule has 0 heterocycles. The molecule has 116 valence electrons. The van der Waals surface area contributed by atoms with Gasteiger partial charge < -0.3 is 20.1 Å². The van der Waals surface area contributed by atoms with Gasteiger partial charge in [0.1, 0.15) is 5.75 Å². The number of methoxy groups -OCH3 is 2. The smallest absolute Gasteiger partial charge is 0.319 e. The van der Waals surface area contributed by atoms with E-state index in [1.165, 1.54) is 19.2 Å². The zero-order valence-electron chi connectivity index (χ0n) is 12.4. The van der Waals surface area contributed by atoms with Gasteiger partial charge in [0.15, 0.2) is 11.6 Å². The highest BCUT2D eigenvalue weighted by atomic mass is 19.1. The third-order valence-corrected chi connectivity index (χ3v) is 3.00. The summed E-state index contributed by atoms with van der Waals surface area (Å²) in [4.78, 5) is 11.8. The molecule has 6 heteroatoms. The standard InChI is InChI=1S/C16H17FN2O3/c1-21-13-5-3-4-11(8-13)10-18-16(20)19-12-6-7-15(22-2)14(17)9-12/h3-9H,10H2,1-2H3,(H2,18,19,20). The lowest BCUT2D eigenvalue weighted by Gasteiger charge is -2.09. The number of carbonyl (C=O) groups is 1. The first-order valence-electron chi connectivity index (χ1n) is 6.63. The molecule has 0 aliphatic rings. The number of hydrogen-bond donors (Lipinski definition) is 2. The van der Waals surface area contributed by atoms with Crippen LogP contribution in [0.2, 0.25) is 0 Å². The van der Waals surface area contributed by atoms with Gasteiger partial charge in [0.25, 0.3) is 0 Å². The largest absolute Gasteiger partial charge is 0.497 e. The molecule has 2 aromatic rings. The number of amides is 2. The Labute approximate surface area is 128 Å². The number of halogens is 1. The van der Waals surface area contributed by atoms with E-state index < -0.39 is 11.8 Å². The van der Waals surface area contributed by atoms with Gasteiger partial charge in [0.2, 0.25) is 0 Å². The van der Waals surface area contributed by atoms with Crippen molar-refractivity contribution in [1.29, 1.82) is 0 Å². The van der Waals surface area contributed by atoms with Gasteiger partial charge in [-0.2, -0.15) is 0 Å². The second-order valence-electron chi connectivity index (χ2n) is 4.51. The molecular formula is C16H17FN2O3. The molecule has 0 radical (unpaired) electrons. The van der Waals surface area contributed by atoms with Crippen LogP contribution < -0.4 is 20.1 Å². The van der Waals surface area contributed by atoms with Crippen LogP contribution in [-0.2, 0) is 6.54 Å². The highest BCUT2D eigenvalue weighted by Gasteiger charge is 2.06. The quantitative estimate of drug-likeness (QED) is 0.892. The predicted molar refractivity (Wildman–Crippen MR) is 81.8 cm³/mol. The van der Waals surface area contributed by atoms with Crippen molar-refractivity contribution in [2.45, 2.75) is 6.54 Å². The molecule has 0 saturated heterocycles. The summed E-state index contributed by atoms with van der Waals surface area (Å²) in [5.41, 5.74) is 1.25. The van der Waals surface area contributed by atoms with E-state index in [1.807, 2.05) is 24.3 Å². The van der Waals surface area contributed by atoms with Crippen LogP contribution in [0.15, 0.2) is 42.5 Å². The average molecular weight is 304 g/mol. The summed E-state index contributed by atoms with van der Waals surface area (Å²) in [7, 11) is 2.96. The molecule has 22 heavy (non-hydrogen) atoms. The van der Waals surface area contributed by atoms with E-state index in [1.54, 1.807) is 13.2 Å². The summed E-state index contributed by atoms with van der Waals surface area (Å²) < 4.78 is 23.5. The van der Waals surface area contributed by atoms with Gasteiger partial charge in [-0.15, -0.1) is 0 Å². The lowest BCUT2D eigenvalue weighted by Crippen LogP contribution is -2.28. The maximum absolute atomic E-state index is 13.5. The van der Waals surface area contributed by atoms with Crippen molar-refractivity contribution >= 4 is 11.7 Å². The van der Waals surface area contributed by atoms with Crippen LogP contribution in [0.3, 0.4) is 0 Å². The van der Waals surface area contributed by atoms with Gasteiger partial charge in [0.05, 0.1) is 14.2 Å². The molecule has 5 nitrogen and oxygen atoms in total. The van der Waals surface area contributed by atoms with Crippen LogP contribution in [0.25, 0.3) is 0 Å². The molecule has 0 bridgehead atoms. The fourth-order valence-electron chi connectivity index (χ4n) is 1.88. The van der Waals surface area contributed by atoms with E-state index in [2.05, 4.69) is 10.6 Å². The Hall–Kier alpha value is -2.76. The van der Waals surface area contributed by atoms with Crippen molar-refractivity contribution in [3.8, 4) is 11.5 Å². The lowest BCUT2D eigenvalue weighted by molar-refractivity contribution is 0.251. The molecule has 0 spiro atoms. The van der Waals surface area contributed by atoms with Crippen LogP contribution in [0.5, 0.6) is 11.5 Å². The summed E-state index contributed by atoms with van der Waals surface area (Å²) >= 11 is 0. The van der Waals surface area contributed by atoms with Gasteiger partial charge in [-0.05, 0) is 29.8 Å². The second kappa shape index (κ2) is 7.31. The summed E-state index contributed by atoms with van der Waals surface area (Å²) in [5, 5.41) is 5.24. The van der Waals surface area contributed by atoms with Crippen molar-refractivity contribution in [2.75, 3.05) is 19.5 Å². The van der Waals surface area contributed by atoms with E-state index in [0.717, 1.165) is 11.3 Å². The van der Waals surface area contributed by atoms with Crippen LogP contribution in [-0.4, -0.2) is 20.3 Å². The number of urea groups is 1. The van der Waals surface area contributed by atoms with Crippen LogP contribution in [0, 0.1) is 5.82 Å². The number of hydrogen-bond acceptors (Lipinski definition) is 3. The molecule has 0 saturated carbocycles. The van der Waals surface area contributed by atoms with Crippen molar-refractivity contribution in [1.82, 2.24) is 5.32 Å². The van der Waals surface area contributed by atoms with E-state index in [4.69, 9.17) is 9.47 Å². The van der Waals surface area contributed by atoms with Crippen molar-refractivity contribution in [3.05, 3.63) is 53.8 Å². The molecule has 2 aromatic carbocycles. The Morgan fingerprint density at radius 1 is 1.14 bits per heavy atom. The Bertz CT molecular complexity index is 662. The normalized spacial score (nSPS) is 9.95. The maximum Gasteiger partial charge on any atom is 0.319 e. The Balaban J connectivity index is 1.91. The van der Waals surface area contributed by atoms with Gasteiger partial charge >= 0.3 is 6.03 Å². The van der Waals surface area contributed by atoms with E-state index in [9.17, 15) is 9.18 Å². The first-order chi connectivity index (χ1) is 10.6. The average Bonchev–Trinajstić information content (AvgIpc) is 2.53. The first kappa shape index (κ1) is 15.6. The number of carbonyl (C=O) groups excluding carboxylic acids is 1. The Morgan fingerprint density at radius 3 is 2.64 bits per heavy atom. The van der Waals surface area contributed by atoms with Gasteiger partial charge in [-0.3, -0.25) is 0 Å². The van der Waals surface area contributed by atoms with Gasteiger partial charge in [0, 0.05) is 18.3 Å². The molecule has 0 fully saturated rings. The van der Waals surface area contributed by atoms with Gasteiger partial charge in [-0.25, -0.2) is 9.18 Å². The third kappa shape index (κ3) is 4.12. The van der Waals surface area contributed by atoms with Crippen molar-refractivity contribution < 1.29 is 18.7 Å². The number of nitrogens with one attached hydrogen (secondary N) is 2. The summed E-state index contributed by atoms with van der Waals surface area (Å²) in [6, 6.07) is 11.1. The summed E-state index contributed by atoms with van der Waals surface area (Å²) in [6.45, 7) is 0.335. The van der Waals surface area contributed by atoms with Crippen LogP contribution in [0.4, 0.5) is 14.9 Å². The van der Waals surface area contributed by atoms with Crippen molar-refractivity contribution in [2.24, 2.45) is 0 Å². The molecule has 0 atom stereocenters. The number of ether oxygens (including phenoxy) is 2.